The first kappa shape index (κ1) is 12.9. The summed E-state index contributed by atoms with van der Waals surface area (Å²) >= 11 is 0. The predicted molar refractivity (Wildman–Crippen MR) is 69.8 cm³/mol. The van der Waals surface area contributed by atoms with Gasteiger partial charge < -0.3 is 11.1 Å². The van der Waals surface area contributed by atoms with E-state index in [1.54, 1.807) is 6.92 Å². The maximum atomic E-state index is 13.5. The predicted octanol–water partition coefficient (Wildman–Crippen LogP) is 2.63. The van der Waals surface area contributed by atoms with E-state index in [2.05, 4.69) is 5.32 Å². The van der Waals surface area contributed by atoms with Crippen LogP contribution in [0.25, 0.3) is 0 Å². The van der Waals surface area contributed by atoms with Gasteiger partial charge >= 0.3 is 0 Å². The van der Waals surface area contributed by atoms with Crippen LogP contribution >= 0.6 is 0 Å². The normalized spacial score (nSPS) is 17.1. The molecule has 0 bridgehead atoms. The van der Waals surface area contributed by atoms with Crippen LogP contribution in [0.15, 0.2) is 12.1 Å². The molecule has 1 aromatic carbocycles. The molecular formula is C14H19FN2O. The highest BCUT2D eigenvalue weighted by atomic mass is 19.1. The molecule has 0 radical (unpaired) electrons. The van der Waals surface area contributed by atoms with Crippen molar-refractivity contribution in [3.8, 4) is 0 Å². The van der Waals surface area contributed by atoms with Crippen LogP contribution in [0.2, 0.25) is 0 Å². The van der Waals surface area contributed by atoms with Crippen LogP contribution < -0.4 is 11.1 Å². The van der Waals surface area contributed by atoms with Crippen LogP contribution in [0.5, 0.6) is 0 Å². The third-order valence-corrected chi connectivity index (χ3v) is 3.86. The van der Waals surface area contributed by atoms with E-state index in [4.69, 9.17) is 5.73 Å². The molecule has 98 valence electrons. The molecule has 1 amide bonds. The Balaban J connectivity index is 2.08. The van der Waals surface area contributed by atoms with Gasteiger partial charge in [0.25, 0.3) is 5.91 Å². The summed E-state index contributed by atoms with van der Waals surface area (Å²) in [6.07, 6.45) is 3.55. The standard InChI is InChI=1S/C14H19FN2O/c1-8-12(15)6-11(7-13(8)16)14(18)17-9(2)10-4-3-5-10/h6-7,9-10H,3-5,16H2,1-2H3,(H,17,18). The number of benzene rings is 1. The van der Waals surface area contributed by atoms with Gasteiger partial charge in [0.05, 0.1) is 0 Å². The van der Waals surface area contributed by atoms with Crippen molar-refractivity contribution >= 4 is 11.6 Å². The minimum atomic E-state index is -0.434. The van der Waals surface area contributed by atoms with Crippen LogP contribution in [0.1, 0.15) is 42.1 Å². The average Bonchev–Trinajstić information content (AvgIpc) is 2.22. The van der Waals surface area contributed by atoms with E-state index in [0.717, 1.165) is 12.8 Å². The highest BCUT2D eigenvalue weighted by Crippen LogP contribution is 2.29. The van der Waals surface area contributed by atoms with Crippen molar-refractivity contribution in [2.75, 3.05) is 5.73 Å². The van der Waals surface area contributed by atoms with Crippen LogP contribution in [0.3, 0.4) is 0 Å². The third kappa shape index (κ3) is 2.47. The Kier molecular flexibility index (Phi) is 3.55. The first-order valence-electron chi connectivity index (χ1n) is 6.35. The molecule has 2 rings (SSSR count). The molecule has 3 nitrogen and oxygen atoms in total. The number of nitrogen functional groups attached to an aromatic ring is 1. The second-order valence-corrected chi connectivity index (χ2v) is 5.13. The molecule has 0 heterocycles. The van der Waals surface area contributed by atoms with E-state index < -0.39 is 5.82 Å². The van der Waals surface area contributed by atoms with Gasteiger partial charge in [-0.1, -0.05) is 6.42 Å². The van der Waals surface area contributed by atoms with Crippen LogP contribution in [-0.4, -0.2) is 11.9 Å². The van der Waals surface area contributed by atoms with Crippen molar-refractivity contribution in [2.45, 2.75) is 39.2 Å². The lowest BCUT2D eigenvalue weighted by molar-refractivity contribution is 0.0909. The molecule has 4 heteroatoms. The van der Waals surface area contributed by atoms with E-state index in [1.165, 1.54) is 18.6 Å². The Morgan fingerprint density at radius 2 is 2.17 bits per heavy atom. The molecule has 1 aliphatic rings. The molecule has 1 atom stereocenters. The Hall–Kier alpha value is -1.58. The Morgan fingerprint density at radius 1 is 1.50 bits per heavy atom. The largest absolute Gasteiger partial charge is 0.398 e. The average molecular weight is 250 g/mol. The second-order valence-electron chi connectivity index (χ2n) is 5.13. The molecule has 1 unspecified atom stereocenters. The Labute approximate surface area is 107 Å². The van der Waals surface area contributed by atoms with Gasteiger partial charge in [-0.2, -0.15) is 0 Å². The van der Waals surface area contributed by atoms with Crippen LogP contribution in [0, 0.1) is 18.7 Å². The Morgan fingerprint density at radius 3 is 2.67 bits per heavy atom. The van der Waals surface area contributed by atoms with E-state index in [0.29, 0.717) is 22.7 Å². The lowest BCUT2D eigenvalue weighted by atomic mass is 9.80. The second kappa shape index (κ2) is 4.96. The third-order valence-electron chi connectivity index (χ3n) is 3.86. The monoisotopic (exact) mass is 250 g/mol. The smallest absolute Gasteiger partial charge is 0.251 e. The van der Waals surface area contributed by atoms with Gasteiger partial charge in [0.1, 0.15) is 5.82 Å². The zero-order valence-corrected chi connectivity index (χ0v) is 10.8. The van der Waals surface area contributed by atoms with Gasteiger partial charge in [-0.15, -0.1) is 0 Å². The van der Waals surface area contributed by atoms with Gasteiger partial charge in [0, 0.05) is 22.9 Å². The van der Waals surface area contributed by atoms with Crippen molar-refractivity contribution < 1.29 is 9.18 Å². The molecule has 3 N–H and O–H groups in total. The first-order valence-corrected chi connectivity index (χ1v) is 6.35. The number of anilines is 1. The number of rotatable bonds is 3. The van der Waals surface area contributed by atoms with E-state index in [-0.39, 0.29) is 11.9 Å². The fraction of sp³-hybridized carbons (Fsp3) is 0.500. The number of halogens is 1. The molecule has 1 aromatic rings. The molecule has 1 aliphatic carbocycles. The summed E-state index contributed by atoms with van der Waals surface area (Å²) in [4.78, 5) is 12.0. The summed E-state index contributed by atoms with van der Waals surface area (Å²) in [5.41, 5.74) is 6.66. The van der Waals surface area contributed by atoms with Crippen LogP contribution in [-0.2, 0) is 0 Å². The summed E-state index contributed by atoms with van der Waals surface area (Å²) in [5, 5.41) is 2.91. The molecule has 0 aromatic heterocycles. The molecule has 0 aliphatic heterocycles. The van der Waals surface area contributed by atoms with Gasteiger partial charge in [0.15, 0.2) is 0 Å². The minimum absolute atomic E-state index is 0.136. The van der Waals surface area contributed by atoms with E-state index in [1.807, 2.05) is 6.92 Å². The first-order chi connectivity index (χ1) is 8.49. The molecule has 0 spiro atoms. The number of carbonyl (C=O) groups is 1. The van der Waals surface area contributed by atoms with E-state index in [9.17, 15) is 9.18 Å². The number of hydrogen-bond acceptors (Lipinski definition) is 2. The topological polar surface area (TPSA) is 55.1 Å². The molecule has 0 saturated heterocycles. The molecular weight excluding hydrogens is 231 g/mol. The summed E-state index contributed by atoms with van der Waals surface area (Å²) in [6, 6.07) is 2.91. The molecule has 1 fully saturated rings. The van der Waals surface area contributed by atoms with Crippen LogP contribution in [0.4, 0.5) is 10.1 Å². The fourth-order valence-electron chi connectivity index (χ4n) is 2.18. The highest BCUT2D eigenvalue weighted by Gasteiger charge is 2.25. The highest BCUT2D eigenvalue weighted by molar-refractivity contribution is 5.95. The summed E-state index contributed by atoms with van der Waals surface area (Å²) in [7, 11) is 0. The summed E-state index contributed by atoms with van der Waals surface area (Å²) in [6.45, 7) is 3.60. The van der Waals surface area contributed by atoms with Crippen molar-refractivity contribution in [2.24, 2.45) is 5.92 Å². The molecule has 1 saturated carbocycles. The zero-order valence-electron chi connectivity index (χ0n) is 10.8. The molecule has 18 heavy (non-hydrogen) atoms. The van der Waals surface area contributed by atoms with Crippen molar-refractivity contribution in [1.82, 2.24) is 5.32 Å². The summed E-state index contributed by atoms with van der Waals surface area (Å²) < 4.78 is 13.5. The lowest BCUT2D eigenvalue weighted by Crippen LogP contribution is -2.40. The van der Waals surface area contributed by atoms with Crippen molar-refractivity contribution in [1.29, 1.82) is 0 Å². The summed E-state index contributed by atoms with van der Waals surface area (Å²) in [5.74, 6) is -0.127. The lowest BCUT2D eigenvalue weighted by Gasteiger charge is -2.31. The maximum absolute atomic E-state index is 13.5. The number of nitrogens with one attached hydrogen (secondary N) is 1. The number of carbonyl (C=O) groups excluding carboxylic acids is 1. The Bertz CT molecular complexity index is 446. The zero-order chi connectivity index (χ0) is 13.3. The van der Waals surface area contributed by atoms with Gasteiger partial charge in [-0.25, -0.2) is 4.39 Å². The van der Waals surface area contributed by atoms with Gasteiger partial charge in [-0.05, 0) is 44.7 Å². The number of nitrogens with two attached hydrogens (primary N) is 1. The van der Waals surface area contributed by atoms with Crippen molar-refractivity contribution in [3.05, 3.63) is 29.1 Å². The number of amides is 1. The minimum Gasteiger partial charge on any atom is -0.398 e. The quantitative estimate of drug-likeness (QED) is 0.810. The maximum Gasteiger partial charge on any atom is 0.251 e. The van der Waals surface area contributed by atoms with Gasteiger partial charge in [0.2, 0.25) is 0 Å². The number of hydrogen-bond donors (Lipinski definition) is 2. The fourth-order valence-corrected chi connectivity index (χ4v) is 2.18. The van der Waals surface area contributed by atoms with E-state index >= 15 is 0 Å². The SMILES string of the molecule is Cc1c(N)cc(C(=O)NC(C)C2CCC2)cc1F. The van der Waals surface area contributed by atoms with Crippen molar-refractivity contribution in [3.63, 3.8) is 0 Å². The van der Waals surface area contributed by atoms with Gasteiger partial charge in [-0.3, -0.25) is 4.79 Å².